The minimum Gasteiger partial charge on any atom is -0.378 e. The van der Waals surface area contributed by atoms with E-state index in [1.807, 2.05) is 0 Å². The molecule has 2 saturated heterocycles. The zero-order chi connectivity index (χ0) is 15.5. The molecular weight excluding hydrogens is 299 g/mol. The zero-order valence-corrected chi connectivity index (χ0v) is 13.1. The second kappa shape index (κ2) is 7.02. The number of carbonyl (C=O) groups excluding carboxylic acids is 1. The molecule has 0 aromatic rings. The van der Waals surface area contributed by atoms with Crippen LogP contribution < -0.4 is 4.72 Å². The van der Waals surface area contributed by atoms with Gasteiger partial charge in [-0.2, -0.15) is 0 Å². The number of nitrogens with zero attached hydrogens (tertiary/aromatic N) is 1. The quantitative estimate of drug-likeness (QED) is 0.787. The highest BCUT2D eigenvalue weighted by atomic mass is 32.2. The van der Waals surface area contributed by atoms with Crippen molar-refractivity contribution >= 4 is 15.9 Å². The monoisotopic (exact) mass is 322 g/mol. The van der Waals surface area contributed by atoms with Gasteiger partial charge < -0.3 is 4.74 Å². The Kier molecular flexibility index (Phi) is 5.56. The van der Waals surface area contributed by atoms with Crippen molar-refractivity contribution in [2.75, 3.05) is 32.9 Å². The average Bonchev–Trinajstić information content (AvgIpc) is 2.85. The van der Waals surface area contributed by atoms with Gasteiger partial charge in [-0.25, -0.2) is 12.8 Å². The maximum atomic E-state index is 12.4. The summed E-state index contributed by atoms with van der Waals surface area (Å²) in [6, 6.07) is 0. The fourth-order valence-electron chi connectivity index (χ4n) is 2.96. The van der Waals surface area contributed by atoms with E-state index < -0.39 is 33.8 Å². The predicted octanol–water partition coefficient (Wildman–Crippen LogP) is 0.291. The first-order valence-corrected chi connectivity index (χ1v) is 8.94. The van der Waals surface area contributed by atoms with Gasteiger partial charge in [-0.05, 0) is 32.7 Å². The van der Waals surface area contributed by atoms with Gasteiger partial charge in [0.2, 0.25) is 15.9 Å². The van der Waals surface area contributed by atoms with Crippen molar-refractivity contribution in [3.05, 3.63) is 0 Å². The van der Waals surface area contributed by atoms with Crippen LogP contribution in [0.15, 0.2) is 0 Å². The molecule has 2 fully saturated rings. The third kappa shape index (κ3) is 4.14. The average molecular weight is 322 g/mol. The summed E-state index contributed by atoms with van der Waals surface area (Å²) in [5.74, 6) is -0.895. The number of piperidine rings is 1. The first-order chi connectivity index (χ1) is 9.94. The lowest BCUT2D eigenvalue weighted by atomic mass is 10.0. The molecule has 0 aliphatic carbocycles. The molecule has 1 N–H and O–H groups in total. The highest BCUT2D eigenvalue weighted by molar-refractivity contribution is 7.90. The summed E-state index contributed by atoms with van der Waals surface area (Å²) in [4.78, 5) is 13.9. The van der Waals surface area contributed by atoms with E-state index in [1.165, 1.54) is 0 Å². The van der Waals surface area contributed by atoms with E-state index in [4.69, 9.17) is 4.74 Å². The summed E-state index contributed by atoms with van der Waals surface area (Å²) >= 11 is 0. The van der Waals surface area contributed by atoms with E-state index in [-0.39, 0.29) is 19.2 Å². The van der Waals surface area contributed by atoms with Crippen LogP contribution in [0.4, 0.5) is 4.39 Å². The highest BCUT2D eigenvalue weighted by Gasteiger charge is 2.36. The molecule has 0 spiro atoms. The van der Waals surface area contributed by atoms with Crippen LogP contribution in [0.3, 0.4) is 0 Å². The lowest BCUT2D eigenvalue weighted by molar-refractivity contribution is -0.124. The van der Waals surface area contributed by atoms with Gasteiger partial charge in [0.05, 0.1) is 17.3 Å². The van der Waals surface area contributed by atoms with E-state index in [9.17, 15) is 17.6 Å². The first kappa shape index (κ1) is 16.6. The number of hydrogen-bond donors (Lipinski definition) is 1. The molecule has 8 heteroatoms. The Labute approximate surface area is 125 Å². The van der Waals surface area contributed by atoms with Gasteiger partial charge in [-0.3, -0.25) is 14.4 Å². The number of rotatable bonds is 5. The Balaban J connectivity index is 1.96. The van der Waals surface area contributed by atoms with Crippen LogP contribution in [-0.4, -0.2) is 63.5 Å². The Morgan fingerprint density at radius 2 is 2.19 bits per heavy atom. The van der Waals surface area contributed by atoms with Crippen LogP contribution in [0.5, 0.6) is 0 Å². The number of halogens is 1. The molecule has 0 bridgehead atoms. The van der Waals surface area contributed by atoms with Crippen molar-refractivity contribution in [1.29, 1.82) is 0 Å². The van der Waals surface area contributed by atoms with Crippen molar-refractivity contribution in [2.45, 2.75) is 37.5 Å². The number of likely N-dealkylation sites (tertiary alicyclic amines) is 1. The van der Waals surface area contributed by atoms with E-state index in [0.29, 0.717) is 32.4 Å². The van der Waals surface area contributed by atoms with Crippen LogP contribution in [0.2, 0.25) is 0 Å². The zero-order valence-electron chi connectivity index (χ0n) is 12.3. The van der Waals surface area contributed by atoms with Crippen molar-refractivity contribution in [3.8, 4) is 0 Å². The van der Waals surface area contributed by atoms with Gasteiger partial charge in [0.1, 0.15) is 6.67 Å². The Morgan fingerprint density at radius 1 is 1.43 bits per heavy atom. The molecule has 2 aliphatic rings. The number of alkyl halides is 1. The number of nitrogens with one attached hydrogen (secondary N) is 1. The molecule has 2 heterocycles. The molecule has 0 saturated carbocycles. The SMILES string of the molecule is C[C@@H]1OCC[C@@H]1C(=O)NS(=O)(=O)C1CCCN(CCF)C1. The number of ether oxygens (including phenoxy) is 1. The lowest BCUT2D eigenvalue weighted by Crippen LogP contribution is -2.49. The van der Waals surface area contributed by atoms with Gasteiger partial charge in [0.15, 0.2) is 0 Å². The van der Waals surface area contributed by atoms with Crippen LogP contribution in [0.25, 0.3) is 0 Å². The largest absolute Gasteiger partial charge is 0.378 e. The smallest absolute Gasteiger partial charge is 0.239 e. The summed E-state index contributed by atoms with van der Waals surface area (Å²) < 4.78 is 44.5. The fourth-order valence-corrected chi connectivity index (χ4v) is 4.45. The second-order valence-corrected chi connectivity index (χ2v) is 7.70. The normalized spacial score (nSPS) is 31.2. The predicted molar refractivity (Wildman–Crippen MR) is 76.0 cm³/mol. The Bertz CT molecular complexity index is 469. The molecule has 2 aliphatic heterocycles. The molecule has 6 nitrogen and oxygen atoms in total. The topological polar surface area (TPSA) is 75.7 Å². The molecule has 1 unspecified atom stereocenters. The van der Waals surface area contributed by atoms with E-state index in [2.05, 4.69) is 4.72 Å². The molecular formula is C13H23FN2O4S. The van der Waals surface area contributed by atoms with E-state index >= 15 is 0 Å². The number of amides is 1. The summed E-state index contributed by atoms with van der Waals surface area (Å²) in [5, 5.41) is -0.653. The van der Waals surface area contributed by atoms with Crippen LogP contribution >= 0.6 is 0 Å². The minimum absolute atomic E-state index is 0.244. The maximum absolute atomic E-state index is 12.4. The van der Waals surface area contributed by atoms with Gasteiger partial charge in [0.25, 0.3) is 0 Å². The first-order valence-electron chi connectivity index (χ1n) is 7.39. The third-order valence-electron chi connectivity index (χ3n) is 4.26. The van der Waals surface area contributed by atoms with Crippen molar-refractivity contribution in [2.24, 2.45) is 5.92 Å². The van der Waals surface area contributed by atoms with Crippen molar-refractivity contribution in [3.63, 3.8) is 0 Å². The molecule has 1 amide bonds. The molecule has 122 valence electrons. The molecule has 21 heavy (non-hydrogen) atoms. The summed E-state index contributed by atoms with van der Waals surface area (Å²) in [5.41, 5.74) is 0. The van der Waals surface area contributed by atoms with Gasteiger partial charge in [-0.1, -0.05) is 0 Å². The van der Waals surface area contributed by atoms with E-state index in [0.717, 1.165) is 0 Å². The molecule has 3 atom stereocenters. The van der Waals surface area contributed by atoms with E-state index in [1.54, 1.807) is 11.8 Å². The van der Waals surface area contributed by atoms with Crippen LogP contribution in [0, 0.1) is 5.92 Å². The molecule has 0 aromatic heterocycles. The Hall–Kier alpha value is -0.730. The molecule has 2 rings (SSSR count). The van der Waals surface area contributed by atoms with Crippen LogP contribution in [-0.2, 0) is 19.6 Å². The van der Waals surface area contributed by atoms with Crippen molar-refractivity contribution < 1.29 is 22.3 Å². The van der Waals surface area contributed by atoms with Crippen molar-refractivity contribution in [1.82, 2.24) is 9.62 Å². The standard InChI is InChI=1S/C13H23FN2O4S/c1-10-12(4-8-20-10)13(17)15-21(18,19)11-3-2-6-16(9-11)7-5-14/h10-12H,2-9H2,1H3,(H,15,17)/t10-,11?,12-/m0/s1. The summed E-state index contributed by atoms with van der Waals surface area (Å²) in [7, 11) is -3.71. The fraction of sp³-hybridized carbons (Fsp3) is 0.923. The molecule has 0 aromatic carbocycles. The highest BCUT2D eigenvalue weighted by Crippen LogP contribution is 2.22. The molecule has 0 radical (unpaired) electrons. The minimum atomic E-state index is -3.71. The second-order valence-electron chi connectivity index (χ2n) is 5.74. The van der Waals surface area contributed by atoms with Gasteiger partial charge >= 0.3 is 0 Å². The number of carbonyl (C=O) groups is 1. The van der Waals surface area contributed by atoms with Crippen LogP contribution in [0.1, 0.15) is 26.2 Å². The maximum Gasteiger partial charge on any atom is 0.239 e. The summed E-state index contributed by atoms with van der Waals surface area (Å²) in [6.07, 6.45) is 1.49. The summed E-state index contributed by atoms with van der Waals surface area (Å²) in [6.45, 7) is 2.99. The third-order valence-corrected chi connectivity index (χ3v) is 6.01. The lowest BCUT2D eigenvalue weighted by Gasteiger charge is -2.31. The van der Waals surface area contributed by atoms with Gasteiger partial charge in [-0.15, -0.1) is 0 Å². The number of hydrogen-bond acceptors (Lipinski definition) is 5. The number of sulfonamides is 1. The Morgan fingerprint density at radius 3 is 2.81 bits per heavy atom. The van der Waals surface area contributed by atoms with Gasteiger partial charge in [0, 0.05) is 19.7 Å².